The predicted molar refractivity (Wildman–Crippen MR) is 132 cm³/mol. The summed E-state index contributed by atoms with van der Waals surface area (Å²) < 4.78 is 12.1. The number of hydrogen-bond acceptors (Lipinski definition) is 6. The van der Waals surface area contributed by atoms with Crippen molar-refractivity contribution in [3.63, 3.8) is 0 Å². The second kappa shape index (κ2) is 13.3. The standard InChI is InChI=1S/C23H29BrN2O5S/c1-4-30-20-11-16(13-25-19(23(28)29)9-10-32-3)18(24)12-21(20)31-14-22(27)26-17-7-5-15(2)6-8-17/h5-8,11-12,19,25H,4,9-10,13-14H2,1-3H3,(H,26,27)(H,28,29). The van der Waals surface area contributed by atoms with Gasteiger partial charge in [-0.05, 0) is 62.1 Å². The second-order valence-corrected chi connectivity index (χ2v) is 8.92. The van der Waals surface area contributed by atoms with Crippen LogP contribution in [0.5, 0.6) is 11.5 Å². The lowest BCUT2D eigenvalue weighted by Gasteiger charge is -2.17. The summed E-state index contributed by atoms with van der Waals surface area (Å²) in [5.41, 5.74) is 2.64. The van der Waals surface area contributed by atoms with Crippen molar-refractivity contribution in [1.29, 1.82) is 0 Å². The molecule has 0 saturated carbocycles. The quantitative estimate of drug-likeness (QED) is 0.355. The van der Waals surface area contributed by atoms with Gasteiger partial charge in [-0.25, -0.2) is 0 Å². The molecule has 32 heavy (non-hydrogen) atoms. The summed E-state index contributed by atoms with van der Waals surface area (Å²) in [7, 11) is 0. The normalized spacial score (nSPS) is 11.6. The monoisotopic (exact) mass is 524 g/mol. The Labute approximate surface area is 201 Å². The molecule has 0 aliphatic rings. The maximum absolute atomic E-state index is 12.3. The fourth-order valence-corrected chi connectivity index (χ4v) is 3.79. The Bertz CT molecular complexity index is 908. The third-order valence-electron chi connectivity index (χ3n) is 4.55. The molecule has 0 aromatic heterocycles. The van der Waals surface area contributed by atoms with E-state index in [2.05, 4.69) is 26.6 Å². The van der Waals surface area contributed by atoms with E-state index in [1.165, 1.54) is 0 Å². The highest BCUT2D eigenvalue weighted by Crippen LogP contribution is 2.34. The van der Waals surface area contributed by atoms with Crippen LogP contribution in [0.3, 0.4) is 0 Å². The van der Waals surface area contributed by atoms with E-state index in [-0.39, 0.29) is 12.5 Å². The second-order valence-electron chi connectivity index (χ2n) is 7.08. The van der Waals surface area contributed by atoms with Gasteiger partial charge in [0.15, 0.2) is 18.1 Å². The number of amides is 1. The van der Waals surface area contributed by atoms with Gasteiger partial charge in [0, 0.05) is 16.7 Å². The fourth-order valence-electron chi connectivity index (χ4n) is 2.85. The van der Waals surface area contributed by atoms with Crippen molar-refractivity contribution in [3.05, 3.63) is 52.0 Å². The maximum atomic E-state index is 12.3. The van der Waals surface area contributed by atoms with Crippen LogP contribution in [-0.2, 0) is 16.1 Å². The van der Waals surface area contributed by atoms with Gasteiger partial charge in [-0.1, -0.05) is 33.6 Å². The molecule has 2 aromatic carbocycles. The van der Waals surface area contributed by atoms with Crippen molar-refractivity contribution >= 4 is 45.3 Å². The highest BCUT2D eigenvalue weighted by molar-refractivity contribution is 9.10. The molecule has 7 nitrogen and oxygen atoms in total. The summed E-state index contributed by atoms with van der Waals surface area (Å²) in [6.45, 7) is 4.43. The Hall–Kier alpha value is -2.23. The summed E-state index contributed by atoms with van der Waals surface area (Å²) in [6.07, 6.45) is 2.48. The molecule has 0 radical (unpaired) electrons. The van der Waals surface area contributed by atoms with Gasteiger partial charge in [-0.2, -0.15) is 11.8 Å². The number of ether oxygens (including phenoxy) is 2. The van der Waals surface area contributed by atoms with Crippen LogP contribution in [0, 0.1) is 6.92 Å². The first kappa shape index (κ1) is 26.0. The van der Waals surface area contributed by atoms with Crippen LogP contribution in [-0.4, -0.2) is 48.2 Å². The van der Waals surface area contributed by atoms with E-state index >= 15 is 0 Å². The number of thioether (sulfide) groups is 1. The third-order valence-corrected chi connectivity index (χ3v) is 5.94. The Morgan fingerprint density at radius 1 is 1.16 bits per heavy atom. The molecular weight excluding hydrogens is 496 g/mol. The van der Waals surface area contributed by atoms with Crippen LogP contribution < -0.4 is 20.1 Å². The molecule has 3 N–H and O–H groups in total. The minimum atomic E-state index is -0.875. The molecule has 0 heterocycles. The molecule has 0 aliphatic carbocycles. The van der Waals surface area contributed by atoms with Crippen LogP contribution in [0.25, 0.3) is 0 Å². The molecule has 0 aliphatic heterocycles. The first-order valence-corrected chi connectivity index (χ1v) is 12.4. The predicted octanol–water partition coefficient (Wildman–Crippen LogP) is 4.47. The number of aliphatic carboxylic acids is 1. The minimum absolute atomic E-state index is 0.173. The van der Waals surface area contributed by atoms with Gasteiger partial charge in [0.2, 0.25) is 0 Å². The van der Waals surface area contributed by atoms with Crippen molar-refractivity contribution in [2.45, 2.75) is 32.9 Å². The number of carbonyl (C=O) groups excluding carboxylic acids is 1. The van der Waals surface area contributed by atoms with E-state index in [4.69, 9.17) is 9.47 Å². The van der Waals surface area contributed by atoms with Gasteiger partial charge in [0.25, 0.3) is 5.91 Å². The number of anilines is 1. The molecule has 174 valence electrons. The third kappa shape index (κ3) is 8.37. The minimum Gasteiger partial charge on any atom is -0.490 e. The van der Waals surface area contributed by atoms with Gasteiger partial charge in [0.1, 0.15) is 6.04 Å². The van der Waals surface area contributed by atoms with Crippen molar-refractivity contribution in [2.24, 2.45) is 0 Å². The molecule has 0 saturated heterocycles. The van der Waals surface area contributed by atoms with Crippen LogP contribution in [0.15, 0.2) is 40.9 Å². The van der Waals surface area contributed by atoms with E-state index in [0.717, 1.165) is 21.4 Å². The number of nitrogens with one attached hydrogen (secondary N) is 2. The lowest BCUT2D eigenvalue weighted by atomic mass is 10.1. The van der Waals surface area contributed by atoms with Crippen LogP contribution in [0.2, 0.25) is 0 Å². The number of hydrogen-bond donors (Lipinski definition) is 3. The average Bonchev–Trinajstić information content (AvgIpc) is 2.76. The first-order chi connectivity index (χ1) is 15.3. The Morgan fingerprint density at radius 2 is 1.84 bits per heavy atom. The van der Waals surface area contributed by atoms with E-state index in [1.54, 1.807) is 23.9 Å². The van der Waals surface area contributed by atoms with Crippen LogP contribution in [0.4, 0.5) is 5.69 Å². The van der Waals surface area contributed by atoms with E-state index in [9.17, 15) is 14.7 Å². The molecule has 0 spiro atoms. The van der Waals surface area contributed by atoms with Crippen molar-refractivity contribution in [3.8, 4) is 11.5 Å². The van der Waals surface area contributed by atoms with Crippen molar-refractivity contribution in [1.82, 2.24) is 5.32 Å². The Morgan fingerprint density at radius 3 is 2.47 bits per heavy atom. The van der Waals surface area contributed by atoms with Gasteiger partial charge < -0.3 is 25.2 Å². The van der Waals surface area contributed by atoms with E-state index in [1.807, 2.05) is 44.4 Å². The average molecular weight is 525 g/mol. The number of carboxylic acids is 1. The zero-order valence-electron chi connectivity index (χ0n) is 18.4. The molecule has 2 aromatic rings. The lowest BCUT2D eigenvalue weighted by molar-refractivity contribution is -0.139. The summed E-state index contributed by atoms with van der Waals surface area (Å²) in [6, 6.07) is 10.4. The zero-order chi connectivity index (χ0) is 23.5. The number of aryl methyl sites for hydroxylation is 1. The highest BCUT2D eigenvalue weighted by atomic mass is 79.9. The highest BCUT2D eigenvalue weighted by Gasteiger charge is 2.18. The van der Waals surface area contributed by atoms with Crippen molar-refractivity contribution < 1.29 is 24.2 Å². The smallest absolute Gasteiger partial charge is 0.320 e. The molecule has 0 fully saturated rings. The Balaban J connectivity index is 2.04. The maximum Gasteiger partial charge on any atom is 0.320 e. The molecular formula is C23H29BrN2O5S. The van der Waals surface area contributed by atoms with Crippen molar-refractivity contribution in [2.75, 3.05) is 30.5 Å². The summed E-state index contributed by atoms with van der Waals surface area (Å²) in [5, 5.41) is 15.3. The molecule has 9 heteroatoms. The van der Waals surface area contributed by atoms with E-state index < -0.39 is 12.0 Å². The van der Waals surface area contributed by atoms with E-state index in [0.29, 0.717) is 36.8 Å². The Kier molecular flexibility index (Phi) is 10.9. The largest absolute Gasteiger partial charge is 0.490 e. The van der Waals surface area contributed by atoms with Gasteiger partial charge in [-0.3, -0.25) is 9.59 Å². The molecule has 2 rings (SSSR count). The number of carbonyl (C=O) groups is 2. The van der Waals surface area contributed by atoms with Gasteiger partial charge >= 0.3 is 5.97 Å². The lowest BCUT2D eigenvalue weighted by Crippen LogP contribution is -2.36. The number of carboxylic acid groups (broad SMARTS) is 1. The first-order valence-electron chi connectivity index (χ1n) is 10.2. The summed E-state index contributed by atoms with van der Waals surface area (Å²) >= 11 is 5.12. The summed E-state index contributed by atoms with van der Waals surface area (Å²) in [4.78, 5) is 23.7. The number of benzene rings is 2. The fraction of sp³-hybridized carbons (Fsp3) is 0.391. The zero-order valence-corrected chi connectivity index (χ0v) is 20.8. The topological polar surface area (TPSA) is 96.9 Å². The molecule has 0 bridgehead atoms. The summed E-state index contributed by atoms with van der Waals surface area (Å²) in [5.74, 6) is 0.522. The molecule has 1 amide bonds. The number of halogens is 1. The molecule has 1 unspecified atom stereocenters. The van der Waals surface area contributed by atoms with Gasteiger partial charge in [-0.15, -0.1) is 0 Å². The van der Waals surface area contributed by atoms with Crippen LogP contribution in [0.1, 0.15) is 24.5 Å². The molecule has 1 atom stereocenters. The van der Waals surface area contributed by atoms with Gasteiger partial charge in [0.05, 0.1) is 6.61 Å². The van der Waals surface area contributed by atoms with Crippen LogP contribution >= 0.6 is 27.7 Å². The number of rotatable bonds is 13. The SMILES string of the molecule is CCOc1cc(CNC(CCSC)C(=O)O)c(Br)cc1OCC(=O)Nc1ccc(C)cc1.